The number of rotatable bonds is 5. The van der Waals surface area contributed by atoms with Crippen LogP contribution >= 0.6 is 24.0 Å². The van der Waals surface area contributed by atoms with Crippen molar-refractivity contribution in [3.05, 3.63) is 45.2 Å². The number of nitro groups is 1. The van der Waals surface area contributed by atoms with Crippen molar-refractivity contribution in [2.24, 2.45) is 0 Å². The number of benzene rings is 1. The zero-order valence-corrected chi connectivity index (χ0v) is 14.9. The van der Waals surface area contributed by atoms with Gasteiger partial charge in [-0.1, -0.05) is 37.0 Å². The van der Waals surface area contributed by atoms with Crippen LogP contribution in [0.25, 0.3) is 0 Å². The number of thioether (sulfide) groups is 1. The summed E-state index contributed by atoms with van der Waals surface area (Å²) < 4.78 is 1.22. The van der Waals surface area contributed by atoms with Crippen LogP contribution in [-0.2, 0) is 0 Å². The SMILES string of the molecule is CCCN1C(=S)SC(C)(C)C1[N+]([O-])=Cc1cccc([N+](=O)[O-])c1. The minimum Gasteiger partial charge on any atom is -0.622 e. The summed E-state index contributed by atoms with van der Waals surface area (Å²) in [6, 6.07) is 6.04. The highest BCUT2D eigenvalue weighted by Gasteiger charge is 2.49. The molecule has 1 heterocycles. The summed E-state index contributed by atoms with van der Waals surface area (Å²) >= 11 is 6.90. The first-order chi connectivity index (χ1) is 10.8. The molecular weight excluding hydrogens is 334 g/mol. The highest BCUT2D eigenvalue weighted by molar-refractivity contribution is 8.24. The van der Waals surface area contributed by atoms with Crippen LogP contribution in [0.15, 0.2) is 24.3 Å². The van der Waals surface area contributed by atoms with E-state index in [4.69, 9.17) is 12.2 Å². The van der Waals surface area contributed by atoms with Gasteiger partial charge in [0.25, 0.3) is 11.9 Å². The van der Waals surface area contributed by atoms with Crippen molar-refractivity contribution in [3.63, 3.8) is 0 Å². The van der Waals surface area contributed by atoms with E-state index < -0.39 is 11.1 Å². The molecule has 8 heteroatoms. The van der Waals surface area contributed by atoms with Crippen LogP contribution in [-0.4, -0.2) is 42.6 Å². The van der Waals surface area contributed by atoms with E-state index >= 15 is 0 Å². The van der Waals surface area contributed by atoms with Crippen molar-refractivity contribution in [1.82, 2.24) is 4.90 Å². The quantitative estimate of drug-likeness (QED) is 0.202. The van der Waals surface area contributed by atoms with Crippen LogP contribution in [0, 0.1) is 15.3 Å². The molecule has 0 amide bonds. The third-order valence-corrected chi connectivity index (χ3v) is 5.20. The molecule has 1 aromatic carbocycles. The largest absolute Gasteiger partial charge is 0.622 e. The molecule has 0 bridgehead atoms. The van der Waals surface area contributed by atoms with Crippen LogP contribution in [0.3, 0.4) is 0 Å². The average molecular weight is 353 g/mol. The number of hydrogen-bond donors (Lipinski definition) is 0. The Morgan fingerprint density at radius 1 is 1.43 bits per heavy atom. The number of hydroxylamine groups is 1. The monoisotopic (exact) mass is 353 g/mol. The molecule has 1 saturated heterocycles. The zero-order valence-electron chi connectivity index (χ0n) is 13.3. The maximum Gasteiger partial charge on any atom is 0.270 e. The lowest BCUT2D eigenvalue weighted by molar-refractivity contribution is -0.523. The Hall–Kier alpha value is -1.67. The van der Waals surface area contributed by atoms with Gasteiger partial charge in [0.05, 0.1) is 4.92 Å². The Balaban J connectivity index is 2.36. The summed E-state index contributed by atoms with van der Waals surface area (Å²) in [5, 5.41) is 23.6. The molecule has 0 aromatic heterocycles. The maximum absolute atomic E-state index is 12.7. The molecule has 1 aliphatic rings. The Morgan fingerprint density at radius 2 is 2.13 bits per heavy atom. The molecule has 2 rings (SSSR count). The lowest BCUT2D eigenvalue weighted by Gasteiger charge is -2.29. The van der Waals surface area contributed by atoms with E-state index in [1.165, 1.54) is 30.1 Å². The van der Waals surface area contributed by atoms with Crippen LogP contribution in [0.5, 0.6) is 0 Å². The van der Waals surface area contributed by atoms with E-state index in [2.05, 4.69) is 0 Å². The minimum atomic E-state index is -0.472. The van der Waals surface area contributed by atoms with Crippen LogP contribution in [0.1, 0.15) is 32.8 Å². The van der Waals surface area contributed by atoms with Gasteiger partial charge in [-0.15, -0.1) is 0 Å². The Labute approximate surface area is 144 Å². The second-order valence-corrected chi connectivity index (χ2v) is 8.17. The van der Waals surface area contributed by atoms with Gasteiger partial charge >= 0.3 is 0 Å². The molecule has 1 aliphatic heterocycles. The molecule has 124 valence electrons. The van der Waals surface area contributed by atoms with Gasteiger partial charge in [0, 0.05) is 24.2 Å². The smallest absolute Gasteiger partial charge is 0.270 e. The lowest BCUT2D eigenvalue weighted by Crippen LogP contribution is -2.48. The van der Waals surface area contributed by atoms with Gasteiger partial charge in [0.2, 0.25) is 0 Å². The summed E-state index contributed by atoms with van der Waals surface area (Å²) in [6.45, 7) is 6.71. The van der Waals surface area contributed by atoms with Gasteiger partial charge in [-0.2, -0.15) is 4.74 Å². The van der Waals surface area contributed by atoms with Gasteiger partial charge in [0.1, 0.15) is 9.07 Å². The molecule has 1 fully saturated rings. The third-order valence-electron chi connectivity index (χ3n) is 3.56. The second-order valence-electron chi connectivity index (χ2n) is 5.88. The molecule has 0 N–H and O–H groups in total. The molecule has 1 unspecified atom stereocenters. The summed E-state index contributed by atoms with van der Waals surface area (Å²) in [4.78, 5) is 12.3. The van der Waals surface area contributed by atoms with Crippen molar-refractivity contribution in [3.8, 4) is 0 Å². The van der Waals surface area contributed by atoms with E-state index in [0.717, 1.165) is 15.5 Å². The number of thiocarbonyl (C=S) groups is 1. The highest BCUT2D eigenvalue weighted by Crippen LogP contribution is 2.41. The van der Waals surface area contributed by atoms with E-state index in [1.807, 2.05) is 25.7 Å². The lowest BCUT2D eigenvalue weighted by atomic mass is 10.1. The highest BCUT2D eigenvalue weighted by atomic mass is 32.2. The topological polar surface area (TPSA) is 72.5 Å². The van der Waals surface area contributed by atoms with E-state index in [1.54, 1.807) is 12.1 Å². The Kier molecular flexibility index (Phi) is 5.26. The molecule has 0 spiro atoms. The van der Waals surface area contributed by atoms with Crippen molar-refractivity contribution < 1.29 is 9.66 Å². The van der Waals surface area contributed by atoms with Crippen LogP contribution in [0.2, 0.25) is 0 Å². The summed E-state index contributed by atoms with van der Waals surface area (Å²) in [5.41, 5.74) is 0.470. The molecular formula is C15H19N3O3S2. The standard InChI is InChI=1S/C15H19N3O3S2/c1-4-8-16-13(15(2,3)23-14(16)22)17(19)10-11-6-5-7-12(9-11)18(20)21/h5-7,9-10,13H,4,8H2,1-3H3. The maximum atomic E-state index is 12.7. The van der Waals surface area contributed by atoms with Gasteiger partial charge in [-0.3, -0.25) is 15.0 Å². The third kappa shape index (κ3) is 3.81. The molecule has 23 heavy (non-hydrogen) atoms. The van der Waals surface area contributed by atoms with Crippen molar-refractivity contribution in [2.45, 2.75) is 38.1 Å². The first kappa shape index (κ1) is 17.7. The van der Waals surface area contributed by atoms with E-state index in [9.17, 15) is 15.3 Å². The van der Waals surface area contributed by atoms with E-state index in [0.29, 0.717) is 12.1 Å². The molecule has 0 aliphatic carbocycles. The predicted molar refractivity (Wildman–Crippen MR) is 96.9 cm³/mol. The van der Waals surface area contributed by atoms with Gasteiger partial charge in [-0.25, -0.2) is 0 Å². The fourth-order valence-electron chi connectivity index (χ4n) is 2.65. The fourth-order valence-corrected chi connectivity index (χ4v) is 4.58. The molecule has 1 atom stereocenters. The average Bonchev–Trinajstić information content (AvgIpc) is 2.68. The number of hydrogen-bond acceptors (Lipinski definition) is 5. The zero-order chi connectivity index (χ0) is 17.2. The summed E-state index contributed by atoms with van der Waals surface area (Å²) in [6.07, 6.45) is 1.85. The molecule has 1 aromatic rings. The minimum absolute atomic E-state index is 0.0341. The second kappa shape index (κ2) is 6.84. The fraction of sp³-hybridized carbons (Fsp3) is 0.467. The van der Waals surface area contributed by atoms with Crippen LogP contribution < -0.4 is 0 Å². The molecule has 0 saturated carbocycles. The van der Waals surface area contributed by atoms with Crippen molar-refractivity contribution >= 4 is 40.2 Å². The van der Waals surface area contributed by atoms with Gasteiger partial charge < -0.3 is 5.21 Å². The first-order valence-electron chi connectivity index (χ1n) is 7.30. The summed E-state index contributed by atoms with van der Waals surface area (Å²) in [5.74, 6) is 0. The number of non-ortho nitro benzene ring substituents is 1. The summed E-state index contributed by atoms with van der Waals surface area (Å²) in [7, 11) is 0. The van der Waals surface area contributed by atoms with E-state index in [-0.39, 0.29) is 10.4 Å². The Bertz CT molecular complexity index is 661. The van der Waals surface area contributed by atoms with Crippen molar-refractivity contribution in [1.29, 1.82) is 0 Å². The normalized spacial score (nSPS) is 20.8. The molecule has 6 nitrogen and oxygen atoms in total. The Morgan fingerprint density at radius 3 is 2.74 bits per heavy atom. The predicted octanol–water partition coefficient (Wildman–Crippen LogP) is 3.37. The molecule has 0 radical (unpaired) electrons. The first-order valence-corrected chi connectivity index (χ1v) is 8.53. The van der Waals surface area contributed by atoms with Crippen molar-refractivity contribution in [2.75, 3.05) is 6.54 Å². The van der Waals surface area contributed by atoms with Gasteiger partial charge in [0.15, 0.2) is 6.21 Å². The van der Waals surface area contributed by atoms with Gasteiger partial charge in [-0.05, 0) is 26.3 Å². The number of nitrogens with zero attached hydrogens (tertiary/aromatic N) is 3. The number of nitro benzene ring substituents is 1. The van der Waals surface area contributed by atoms with Crippen LogP contribution in [0.4, 0.5) is 5.69 Å².